The maximum Gasteiger partial charge on any atom is 0.434 e. The van der Waals surface area contributed by atoms with Crippen LogP contribution in [0.25, 0.3) is 11.3 Å². The Bertz CT molecular complexity index is 1100. The summed E-state index contributed by atoms with van der Waals surface area (Å²) in [5.74, 6) is 4.74. The number of ether oxygens (including phenoxy) is 2. The highest BCUT2D eigenvalue weighted by Gasteiger charge is 2.17. The van der Waals surface area contributed by atoms with E-state index in [1.807, 2.05) is 0 Å². The van der Waals surface area contributed by atoms with Gasteiger partial charge in [0.05, 0.1) is 5.69 Å². The van der Waals surface area contributed by atoms with Gasteiger partial charge in [0.2, 0.25) is 5.62 Å². The van der Waals surface area contributed by atoms with Crippen LogP contribution < -0.4 is 27.3 Å². The summed E-state index contributed by atoms with van der Waals surface area (Å²) in [6, 6.07) is 6.90. The molecule has 0 aliphatic carbocycles. The number of hydrogen-bond acceptors (Lipinski definition) is 7. The molecule has 0 saturated heterocycles. The van der Waals surface area contributed by atoms with Crippen molar-refractivity contribution in [3.8, 4) is 17.0 Å². The van der Waals surface area contributed by atoms with Gasteiger partial charge in [-0.3, -0.25) is 9.63 Å². The van der Waals surface area contributed by atoms with Gasteiger partial charge in [0.15, 0.2) is 6.10 Å². The first-order valence-corrected chi connectivity index (χ1v) is 10.8. The van der Waals surface area contributed by atoms with Crippen LogP contribution in [0.1, 0.15) is 27.2 Å². The zero-order valence-electron chi connectivity index (χ0n) is 20.2. The maximum absolute atomic E-state index is 11.8. The lowest BCUT2D eigenvalue weighted by atomic mass is 10.1. The highest BCUT2D eigenvalue weighted by Crippen LogP contribution is 2.22. The average Bonchev–Trinajstić information content (AvgIpc) is 3.05. The number of nitrogens with zero attached hydrogens (tertiary/aromatic N) is 3. The normalized spacial score (nSPS) is 12.8. The molecule has 1 atom stereocenters. The number of nitrogens with one attached hydrogen (secondary N) is 1. The summed E-state index contributed by atoms with van der Waals surface area (Å²) < 4.78 is 14.0. The molecule has 1 aromatic heterocycles. The molecule has 0 fully saturated rings. The first-order valence-electron chi connectivity index (χ1n) is 10.8. The summed E-state index contributed by atoms with van der Waals surface area (Å²) in [5.41, 5.74) is 6.27. The summed E-state index contributed by atoms with van der Waals surface area (Å²) in [5, 5.41) is 11.9. The van der Waals surface area contributed by atoms with Crippen molar-refractivity contribution in [2.24, 2.45) is 23.7 Å². The number of carbonyl (C=O) groups excluding carboxylic acids is 2. The summed E-state index contributed by atoms with van der Waals surface area (Å²) in [7, 11) is 1.70. The van der Waals surface area contributed by atoms with E-state index in [1.165, 1.54) is 0 Å². The first kappa shape index (κ1) is 27.4. The highest BCUT2D eigenvalue weighted by molar-refractivity contribution is 5.79. The van der Waals surface area contributed by atoms with Crippen LogP contribution in [0, 0.1) is 0 Å². The molecule has 35 heavy (non-hydrogen) atoms. The van der Waals surface area contributed by atoms with E-state index < -0.39 is 29.8 Å². The Morgan fingerprint density at radius 1 is 1.20 bits per heavy atom. The van der Waals surface area contributed by atoms with E-state index in [9.17, 15) is 19.5 Å². The fourth-order valence-electron chi connectivity index (χ4n) is 3.09. The zero-order chi connectivity index (χ0) is 26.2. The number of amides is 3. The van der Waals surface area contributed by atoms with Crippen molar-refractivity contribution >= 4 is 18.1 Å². The molecule has 192 valence electrons. The van der Waals surface area contributed by atoms with E-state index in [1.54, 1.807) is 67.4 Å². The summed E-state index contributed by atoms with van der Waals surface area (Å²) in [6.07, 6.45) is -0.628. The zero-order valence-corrected chi connectivity index (χ0v) is 20.2. The molecule has 13 heteroatoms. The predicted octanol–water partition coefficient (Wildman–Crippen LogP) is 1.11. The Hall–Kier alpha value is -3.84. The summed E-state index contributed by atoms with van der Waals surface area (Å²) >= 11 is 0. The van der Waals surface area contributed by atoms with E-state index in [4.69, 9.17) is 21.1 Å². The van der Waals surface area contributed by atoms with E-state index >= 15 is 0 Å². The number of carbonyl (C=O) groups is 3. The topological polar surface area (TPSA) is 185 Å². The lowest BCUT2D eigenvalue weighted by molar-refractivity contribution is -0.131. The lowest BCUT2D eigenvalue weighted by Gasteiger charge is -2.19. The third-order valence-electron chi connectivity index (χ3n) is 4.67. The highest BCUT2D eigenvalue weighted by atomic mass is 16.6. The van der Waals surface area contributed by atoms with Crippen molar-refractivity contribution in [2.75, 3.05) is 13.2 Å². The molecule has 0 radical (unpaired) electrons. The van der Waals surface area contributed by atoms with Gasteiger partial charge in [-0.15, -0.1) is 4.99 Å². The number of imidazole rings is 1. The third kappa shape index (κ3) is 8.46. The Morgan fingerprint density at radius 3 is 2.40 bits per heavy atom. The first-order chi connectivity index (χ1) is 16.4. The summed E-state index contributed by atoms with van der Waals surface area (Å²) in [4.78, 5) is 42.4. The second-order valence-electron chi connectivity index (χ2n) is 8.61. The average molecular weight is 493 g/mol. The van der Waals surface area contributed by atoms with Crippen LogP contribution in [0.2, 0.25) is 0 Å². The predicted molar refractivity (Wildman–Crippen MR) is 125 cm³/mol. The van der Waals surface area contributed by atoms with Gasteiger partial charge in [0.25, 0.3) is 5.91 Å². The van der Waals surface area contributed by atoms with Crippen molar-refractivity contribution in [1.29, 1.82) is 0 Å². The molecule has 0 saturated carbocycles. The minimum atomic E-state index is -1.33. The van der Waals surface area contributed by atoms with Crippen molar-refractivity contribution in [3.05, 3.63) is 36.1 Å². The van der Waals surface area contributed by atoms with Crippen LogP contribution >= 0.6 is 0 Å². The maximum atomic E-state index is 11.8. The van der Waals surface area contributed by atoms with Gasteiger partial charge in [0.1, 0.15) is 18.0 Å². The second kappa shape index (κ2) is 12.0. The van der Waals surface area contributed by atoms with Gasteiger partial charge in [-0.1, -0.05) is 0 Å². The fraction of sp³-hybridized carbons (Fsp3) is 0.455. The molecular formula is C22H32N6O7. The molecule has 0 unspecified atom stereocenters. The Balaban J connectivity index is 2.14. The lowest BCUT2D eigenvalue weighted by Crippen LogP contribution is -2.38. The Morgan fingerprint density at radius 2 is 1.86 bits per heavy atom. The van der Waals surface area contributed by atoms with E-state index in [0.717, 1.165) is 5.56 Å². The number of aryl methyl sites for hydroxylation is 1. The van der Waals surface area contributed by atoms with Gasteiger partial charge in [0, 0.05) is 26.3 Å². The smallest absolute Gasteiger partial charge is 0.434 e. The standard InChI is InChI=1S/C22H32N6O7/c1-22(2,3)34-21(32)25-10-5-11-28-12-16(27(4)19(28)26-20(30)31)14-6-8-15(9-7-14)33-13-17(35-24)18(23)29/h6-9,12,17H,5,10-11,13,24H2,1-4H3,(H2,23,29)(H,25,32)(H,30,31)/b26-19+/t17-/m0/s1. The van der Waals surface area contributed by atoms with E-state index in [-0.39, 0.29) is 12.2 Å². The Labute approximate surface area is 202 Å². The van der Waals surface area contributed by atoms with Gasteiger partial charge >= 0.3 is 12.2 Å². The van der Waals surface area contributed by atoms with Crippen molar-refractivity contribution in [2.45, 2.75) is 45.4 Å². The number of benzene rings is 1. The fourth-order valence-corrected chi connectivity index (χ4v) is 3.09. The van der Waals surface area contributed by atoms with E-state index in [0.29, 0.717) is 31.0 Å². The van der Waals surface area contributed by atoms with Gasteiger partial charge in [-0.2, -0.15) is 0 Å². The van der Waals surface area contributed by atoms with Crippen LogP contribution in [0.15, 0.2) is 35.5 Å². The molecular weight excluding hydrogens is 460 g/mol. The Kier molecular flexibility index (Phi) is 9.42. The van der Waals surface area contributed by atoms with Gasteiger partial charge in [-0.05, 0) is 57.0 Å². The number of alkyl carbamates (subject to hydrolysis) is 1. The van der Waals surface area contributed by atoms with Crippen molar-refractivity contribution < 1.29 is 33.8 Å². The number of nitrogens with two attached hydrogens (primary N) is 2. The number of primary amides is 1. The molecule has 6 N–H and O–H groups in total. The molecule has 1 aromatic carbocycles. The molecule has 2 aromatic rings. The van der Waals surface area contributed by atoms with Crippen LogP contribution in [0.3, 0.4) is 0 Å². The minimum absolute atomic E-state index is 0.145. The minimum Gasteiger partial charge on any atom is -0.490 e. The SMILES string of the molecule is Cn1c(-c2ccc(OC[C@H](ON)C(N)=O)cc2)cn(CCCNC(=O)OC(C)(C)C)/c1=N/C(=O)O. The molecule has 0 bridgehead atoms. The number of hydrogen-bond donors (Lipinski definition) is 4. The number of carboxylic acid groups (broad SMARTS) is 1. The molecule has 3 amide bonds. The molecule has 13 nitrogen and oxygen atoms in total. The van der Waals surface area contributed by atoms with Crippen molar-refractivity contribution in [3.63, 3.8) is 0 Å². The summed E-state index contributed by atoms with van der Waals surface area (Å²) in [6.45, 7) is 5.93. The number of rotatable bonds is 10. The molecule has 0 aliphatic heterocycles. The molecule has 0 spiro atoms. The third-order valence-corrected chi connectivity index (χ3v) is 4.67. The van der Waals surface area contributed by atoms with Crippen LogP contribution in [0.5, 0.6) is 5.75 Å². The molecule has 0 aliphatic rings. The van der Waals surface area contributed by atoms with E-state index in [2.05, 4.69) is 15.1 Å². The largest absolute Gasteiger partial charge is 0.490 e. The molecule has 2 rings (SSSR count). The van der Waals surface area contributed by atoms with Gasteiger partial charge < -0.3 is 34.8 Å². The van der Waals surface area contributed by atoms with Crippen LogP contribution in [-0.2, 0) is 28.0 Å². The second-order valence-corrected chi connectivity index (χ2v) is 8.61. The quantitative estimate of drug-likeness (QED) is 0.280. The van der Waals surface area contributed by atoms with Crippen molar-refractivity contribution in [1.82, 2.24) is 14.5 Å². The molecule has 1 heterocycles. The van der Waals surface area contributed by atoms with Crippen LogP contribution in [-0.4, -0.2) is 57.2 Å². The van der Waals surface area contributed by atoms with Gasteiger partial charge in [-0.25, -0.2) is 15.5 Å². The number of aromatic nitrogens is 2. The van der Waals surface area contributed by atoms with Crippen LogP contribution in [0.4, 0.5) is 9.59 Å². The monoisotopic (exact) mass is 492 g/mol.